The van der Waals surface area contributed by atoms with Crippen molar-refractivity contribution in [2.75, 3.05) is 5.32 Å². The number of anilines is 1. The van der Waals surface area contributed by atoms with Crippen LogP contribution in [0.15, 0.2) is 17.5 Å². The van der Waals surface area contributed by atoms with E-state index >= 15 is 0 Å². The van der Waals surface area contributed by atoms with E-state index in [0.29, 0.717) is 23.9 Å². The summed E-state index contributed by atoms with van der Waals surface area (Å²) in [5.41, 5.74) is 0.569. The highest BCUT2D eigenvalue weighted by molar-refractivity contribution is 6.12. The topological polar surface area (TPSA) is 139 Å². The molecule has 1 aliphatic carbocycles. The van der Waals surface area contributed by atoms with Crippen LogP contribution in [0.4, 0.5) is 5.69 Å². The van der Waals surface area contributed by atoms with Crippen molar-refractivity contribution < 1.29 is 24.6 Å². The Labute approximate surface area is 153 Å². The standard InChI is InChI=1S/C17H19N5O5/c1-2-22-15-11(8-19-22)14(20-9-3-4-9)10(7-18-15)12-5-17(16(25)26,27-21-12)6-13(23)24/h7-9H,2-6H2,1H3,(H,18,20)(H,23,24)(H,25,26). The second kappa shape index (κ2) is 6.22. The summed E-state index contributed by atoms with van der Waals surface area (Å²) in [6, 6.07) is 0.338. The lowest BCUT2D eigenvalue weighted by Gasteiger charge is -2.19. The summed E-state index contributed by atoms with van der Waals surface area (Å²) in [6.07, 6.45) is 4.60. The fraction of sp³-hybridized carbons (Fsp3) is 0.471. The second-order valence-electron chi connectivity index (χ2n) is 6.84. The number of aliphatic carboxylic acids is 2. The molecule has 2 aromatic rings. The van der Waals surface area contributed by atoms with E-state index in [1.165, 1.54) is 0 Å². The smallest absolute Gasteiger partial charge is 0.351 e. The molecule has 10 heteroatoms. The molecule has 4 rings (SSSR count). The summed E-state index contributed by atoms with van der Waals surface area (Å²) in [5.74, 6) is -2.61. The molecule has 1 fully saturated rings. The first-order valence-electron chi connectivity index (χ1n) is 8.75. The zero-order valence-corrected chi connectivity index (χ0v) is 14.7. The van der Waals surface area contributed by atoms with Gasteiger partial charge in [-0.05, 0) is 19.8 Å². The van der Waals surface area contributed by atoms with Gasteiger partial charge in [0.2, 0.25) is 5.60 Å². The van der Waals surface area contributed by atoms with Crippen LogP contribution in [0.5, 0.6) is 0 Å². The molecule has 10 nitrogen and oxygen atoms in total. The van der Waals surface area contributed by atoms with E-state index in [4.69, 9.17) is 9.94 Å². The molecule has 2 aliphatic rings. The SMILES string of the molecule is CCn1ncc2c(NC3CC3)c(C3=NOC(CC(=O)O)(C(=O)O)C3)cnc21. The molecule has 1 atom stereocenters. The quantitative estimate of drug-likeness (QED) is 0.663. The van der Waals surface area contributed by atoms with E-state index in [1.807, 2.05) is 6.92 Å². The predicted molar refractivity (Wildman–Crippen MR) is 94.7 cm³/mol. The average molecular weight is 373 g/mol. The van der Waals surface area contributed by atoms with Crippen molar-refractivity contribution in [3.05, 3.63) is 18.0 Å². The molecular formula is C17H19N5O5. The number of pyridine rings is 1. The van der Waals surface area contributed by atoms with Gasteiger partial charge < -0.3 is 20.4 Å². The van der Waals surface area contributed by atoms with Crippen molar-refractivity contribution in [1.82, 2.24) is 14.8 Å². The highest BCUT2D eigenvalue weighted by atomic mass is 16.7. The maximum absolute atomic E-state index is 11.7. The molecule has 3 heterocycles. The van der Waals surface area contributed by atoms with Gasteiger partial charge >= 0.3 is 11.9 Å². The summed E-state index contributed by atoms with van der Waals surface area (Å²) in [6.45, 7) is 2.64. The first kappa shape index (κ1) is 17.3. The molecule has 2 aromatic heterocycles. The zero-order chi connectivity index (χ0) is 19.2. The van der Waals surface area contributed by atoms with Gasteiger partial charge in [-0.25, -0.2) is 14.5 Å². The van der Waals surface area contributed by atoms with Crippen LogP contribution in [0, 0.1) is 0 Å². The van der Waals surface area contributed by atoms with Gasteiger partial charge in [0.1, 0.15) is 0 Å². The minimum atomic E-state index is -1.90. The number of oxime groups is 1. The second-order valence-corrected chi connectivity index (χ2v) is 6.84. The van der Waals surface area contributed by atoms with Gasteiger partial charge in [0.25, 0.3) is 0 Å². The maximum atomic E-state index is 11.7. The third kappa shape index (κ3) is 2.96. The van der Waals surface area contributed by atoms with E-state index in [-0.39, 0.29) is 6.42 Å². The lowest BCUT2D eigenvalue weighted by molar-refractivity contribution is -0.169. The highest BCUT2D eigenvalue weighted by Gasteiger charge is 2.49. The summed E-state index contributed by atoms with van der Waals surface area (Å²) < 4.78 is 1.77. The Morgan fingerprint density at radius 1 is 1.37 bits per heavy atom. The first-order chi connectivity index (χ1) is 12.9. The third-order valence-corrected chi connectivity index (χ3v) is 4.81. The van der Waals surface area contributed by atoms with Gasteiger partial charge in [-0.2, -0.15) is 5.10 Å². The lowest BCUT2D eigenvalue weighted by Crippen LogP contribution is -2.41. The summed E-state index contributed by atoms with van der Waals surface area (Å²) in [4.78, 5) is 32.4. The van der Waals surface area contributed by atoms with Gasteiger partial charge in [-0.15, -0.1) is 0 Å². The number of nitrogens with one attached hydrogen (secondary N) is 1. The molecule has 142 valence electrons. The molecule has 0 bridgehead atoms. The molecule has 1 aliphatic heterocycles. The molecule has 0 spiro atoms. The number of nitrogens with zero attached hydrogens (tertiary/aromatic N) is 4. The molecule has 0 radical (unpaired) electrons. The Bertz CT molecular complexity index is 964. The van der Waals surface area contributed by atoms with Crippen molar-refractivity contribution in [3.8, 4) is 0 Å². The minimum Gasteiger partial charge on any atom is -0.481 e. The van der Waals surface area contributed by atoms with Crippen LogP contribution < -0.4 is 5.32 Å². The van der Waals surface area contributed by atoms with Crippen LogP contribution in [0.1, 0.15) is 38.2 Å². The number of rotatable bonds is 7. The monoisotopic (exact) mass is 373 g/mol. The number of fused-ring (bicyclic) bond motifs is 1. The number of carbonyl (C=O) groups is 2. The fourth-order valence-corrected chi connectivity index (χ4v) is 3.22. The van der Waals surface area contributed by atoms with Gasteiger partial charge in [0.05, 0.1) is 29.4 Å². The fourth-order valence-electron chi connectivity index (χ4n) is 3.22. The van der Waals surface area contributed by atoms with Gasteiger partial charge in [0.15, 0.2) is 5.65 Å². The minimum absolute atomic E-state index is 0.150. The Kier molecular flexibility index (Phi) is 3.97. The van der Waals surface area contributed by atoms with Crippen molar-refractivity contribution in [2.24, 2.45) is 5.16 Å². The Balaban J connectivity index is 1.75. The molecular weight excluding hydrogens is 354 g/mol. The van der Waals surface area contributed by atoms with E-state index in [1.54, 1.807) is 17.1 Å². The molecule has 3 N–H and O–H groups in total. The lowest BCUT2D eigenvalue weighted by atomic mass is 9.91. The maximum Gasteiger partial charge on any atom is 0.351 e. The summed E-state index contributed by atoms with van der Waals surface area (Å²) in [7, 11) is 0. The van der Waals surface area contributed by atoms with Crippen LogP contribution in [-0.2, 0) is 21.0 Å². The van der Waals surface area contributed by atoms with Gasteiger partial charge in [-0.1, -0.05) is 5.16 Å². The van der Waals surface area contributed by atoms with Gasteiger partial charge in [0, 0.05) is 30.8 Å². The van der Waals surface area contributed by atoms with Crippen molar-refractivity contribution >= 4 is 34.4 Å². The van der Waals surface area contributed by atoms with E-state index in [9.17, 15) is 14.7 Å². The van der Waals surface area contributed by atoms with Gasteiger partial charge in [-0.3, -0.25) is 4.79 Å². The summed E-state index contributed by atoms with van der Waals surface area (Å²) in [5, 5.41) is 31.1. The molecule has 27 heavy (non-hydrogen) atoms. The average Bonchev–Trinajstić information content (AvgIpc) is 3.17. The molecule has 1 unspecified atom stereocenters. The van der Waals surface area contributed by atoms with Crippen LogP contribution >= 0.6 is 0 Å². The number of aryl methyl sites for hydroxylation is 1. The largest absolute Gasteiger partial charge is 0.481 e. The Morgan fingerprint density at radius 3 is 2.78 bits per heavy atom. The number of carboxylic acid groups (broad SMARTS) is 2. The molecule has 0 saturated heterocycles. The van der Waals surface area contributed by atoms with E-state index in [0.717, 1.165) is 29.6 Å². The Hall–Kier alpha value is -3.17. The van der Waals surface area contributed by atoms with E-state index < -0.39 is 24.0 Å². The van der Waals surface area contributed by atoms with Crippen LogP contribution in [0.2, 0.25) is 0 Å². The van der Waals surface area contributed by atoms with E-state index in [2.05, 4.69) is 20.6 Å². The van der Waals surface area contributed by atoms with Crippen LogP contribution in [0.25, 0.3) is 11.0 Å². The van der Waals surface area contributed by atoms with Crippen molar-refractivity contribution in [3.63, 3.8) is 0 Å². The third-order valence-electron chi connectivity index (χ3n) is 4.81. The van der Waals surface area contributed by atoms with Crippen LogP contribution in [0.3, 0.4) is 0 Å². The molecule has 1 saturated carbocycles. The highest BCUT2D eigenvalue weighted by Crippen LogP contribution is 2.37. The summed E-state index contributed by atoms with van der Waals surface area (Å²) >= 11 is 0. The number of carboxylic acids is 2. The normalized spacial score (nSPS) is 21.7. The van der Waals surface area contributed by atoms with Crippen molar-refractivity contribution in [2.45, 2.75) is 50.8 Å². The van der Waals surface area contributed by atoms with Crippen LogP contribution in [-0.4, -0.2) is 54.3 Å². The molecule has 0 aromatic carbocycles. The van der Waals surface area contributed by atoms with Crippen molar-refractivity contribution in [1.29, 1.82) is 0 Å². The number of aromatic nitrogens is 3. The first-order valence-corrected chi connectivity index (χ1v) is 8.75. The number of hydrogen-bond donors (Lipinski definition) is 3. The Morgan fingerprint density at radius 2 is 2.15 bits per heavy atom. The predicted octanol–water partition coefficient (Wildman–Crippen LogP) is 1.45. The zero-order valence-electron chi connectivity index (χ0n) is 14.7. The molecule has 0 amide bonds. The number of hydrogen-bond acceptors (Lipinski definition) is 7.